The van der Waals surface area contributed by atoms with E-state index in [0.29, 0.717) is 6.07 Å². The number of nitrogens with one attached hydrogen (secondary N) is 1. The first-order valence-electron chi connectivity index (χ1n) is 8.99. The molecule has 0 saturated heterocycles. The van der Waals surface area contributed by atoms with Gasteiger partial charge >= 0.3 is 6.18 Å². The lowest BCUT2D eigenvalue weighted by Gasteiger charge is -2.17. The van der Waals surface area contributed by atoms with Gasteiger partial charge in [-0.1, -0.05) is 34.8 Å². The van der Waals surface area contributed by atoms with Gasteiger partial charge in [0.05, 0.1) is 50.5 Å². The van der Waals surface area contributed by atoms with Gasteiger partial charge in [0.25, 0.3) is 5.91 Å². The Morgan fingerprint density at radius 3 is 2.27 bits per heavy atom. The predicted molar refractivity (Wildman–Crippen MR) is 117 cm³/mol. The summed E-state index contributed by atoms with van der Waals surface area (Å²) in [5, 5.41) is 10.1. The molecule has 0 aliphatic rings. The molecule has 3 heterocycles. The average molecular weight is 514 g/mol. The molecule has 1 N–H and O–H groups in total. The number of nitrogens with zero attached hydrogens (tertiary/aromatic N) is 5. The van der Waals surface area contributed by atoms with Crippen LogP contribution in [0.5, 0.6) is 0 Å². The smallest absolute Gasteiger partial charge is 0.320 e. The minimum atomic E-state index is -4.79. The third-order valence-corrected chi connectivity index (χ3v) is 5.30. The van der Waals surface area contributed by atoms with E-state index < -0.39 is 23.2 Å². The number of anilines is 1. The summed E-state index contributed by atoms with van der Waals surface area (Å²) in [6.45, 7) is 0. The normalized spacial score (nSPS) is 11.5. The van der Waals surface area contributed by atoms with E-state index in [9.17, 15) is 18.0 Å². The van der Waals surface area contributed by atoms with Crippen molar-refractivity contribution in [2.45, 2.75) is 6.18 Å². The molecule has 1 amide bonds. The second-order valence-corrected chi connectivity index (χ2v) is 7.75. The maximum Gasteiger partial charge on any atom is 0.417 e. The Morgan fingerprint density at radius 2 is 1.64 bits per heavy atom. The molecule has 0 atom stereocenters. The largest absolute Gasteiger partial charge is 0.417 e. The number of aromatic nitrogens is 5. The molecule has 13 heteroatoms. The fourth-order valence-corrected chi connectivity index (χ4v) is 3.68. The van der Waals surface area contributed by atoms with Crippen LogP contribution in [0.15, 0.2) is 55.2 Å². The number of pyridine rings is 2. The van der Waals surface area contributed by atoms with Crippen molar-refractivity contribution in [1.82, 2.24) is 25.0 Å². The lowest BCUT2D eigenvalue weighted by atomic mass is 9.97. The number of carbonyl (C=O) groups excluding carboxylic acids is 1. The molecule has 4 rings (SSSR count). The minimum absolute atomic E-state index is 0.00347. The predicted octanol–water partition coefficient (Wildman–Crippen LogP) is 5.96. The van der Waals surface area contributed by atoms with Crippen LogP contribution in [0.4, 0.5) is 18.9 Å². The lowest BCUT2D eigenvalue weighted by Crippen LogP contribution is -2.16. The fourth-order valence-electron chi connectivity index (χ4n) is 2.97. The minimum Gasteiger partial charge on any atom is -0.320 e. The van der Waals surface area contributed by atoms with E-state index >= 15 is 0 Å². The van der Waals surface area contributed by atoms with E-state index in [1.54, 1.807) is 0 Å². The van der Waals surface area contributed by atoms with Crippen molar-refractivity contribution in [2.75, 3.05) is 5.32 Å². The molecular formula is C20H10Cl3F3N6O. The van der Waals surface area contributed by atoms with Gasteiger partial charge in [-0.2, -0.15) is 23.4 Å². The Hall–Kier alpha value is -3.21. The summed E-state index contributed by atoms with van der Waals surface area (Å²) < 4.78 is 41.5. The van der Waals surface area contributed by atoms with E-state index in [4.69, 9.17) is 34.8 Å². The second kappa shape index (κ2) is 8.97. The van der Waals surface area contributed by atoms with Crippen LogP contribution in [0.2, 0.25) is 15.1 Å². The number of hydrogen-bond donors (Lipinski definition) is 1. The summed E-state index contributed by atoms with van der Waals surface area (Å²) in [6.07, 6.45) is 1.84. The molecule has 0 bridgehead atoms. The van der Waals surface area contributed by atoms with Gasteiger partial charge < -0.3 is 5.32 Å². The highest BCUT2D eigenvalue weighted by Crippen LogP contribution is 2.41. The summed E-state index contributed by atoms with van der Waals surface area (Å²) in [6, 6.07) is 4.39. The van der Waals surface area contributed by atoms with Crippen molar-refractivity contribution in [3.05, 3.63) is 81.4 Å². The molecular weight excluding hydrogens is 504 g/mol. The molecule has 4 aromatic rings. The average Bonchev–Trinajstić information content (AvgIpc) is 3.27. The van der Waals surface area contributed by atoms with Crippen LogP contribution in [0.3, 0.4) is 0 Å². The van der Waals surface area contributed by atoms with Crippen LogP contribution in [0, 0.1) is 0 Å². The number of carbonyl (C=O) groups is 1. The summed E-state index contributed by atoms with van der Waals surface area (Å²) in [4.78, 5) is 21.8. The van der Waals surface area contributed by atoms with Gasteiger partial charge in [0.1, 0.15) is 0 Å². The molecule has 0 saturated carbocycles. The zero-order valence-corrected chi connectivity index (χ0v) is 18.4. The van der Waals surface area contributed by atoms with Crippen molar-refractivity contribution in [3.8, 4) is 16.9 Å². The highest BCUT2D eigenvalue weighted by atomic mass is 35.5. The van der Waals surface area contributed by atoms with Crippen LogP contribution in [-0.2, 0) is 6.18 Å². The quantitative estimate of drug-likeness (QED) is 0.364. The topological polar surface area (TPSA) is 85.6 Å². The molecule has 7 nitrogen and oxygen atoms in total. The van der Waals surface area contributed by atoms with Crippen molar-refractivity contribution >= 4 is 46.4 Å². The highest BCUT2D eigenvalue weighted by molar-refractivity contribution is 6.36. The fraction of sp³-hybridized carbons (Fsp3) is 0.0500. The molecule has 1 aromatic carbocycles. The Morgan fingerprint density at radius 1 is 0.909 bits per heavy atom. The van der Waals surface area contributed by atoms with Crippen LogP contribution >= 0.6 is 34.8 Å². The van der Waals surface area contributed by atoms with Crippen molar-refractivity contribution < 1.29 is 18.0 Å². The number of benzene rings is 1. The zero-order chi connectivity index (χ0) is 23.8. The molecule has 168 valence electrons. The first-order chi connectivity index (χ1) is 15.6. The van der Waals surface area contributed by atoms with E-state index in [2.05, 4.69) is 25.5 Å². The number of amides is 1. The molecule has 0 aliphatic heterocycles. The standard InChI is InChI=1S/C20H10Cl3F3N6O/c21-15-7-12(11-1-2-27-9-17(11)23)14(20(24,25)26)6-13(15)19(33)31-10-5-16(22)18(28-8-10)32-29-3-4-30-32/h1-9H,(H,31,33). The number of alkyl halides is 3. The molecule has 0 unspecified atom stereocenters. The van der Waals surface area contributed by atoms with Gasteiger partial charge in [-0.25, -0.2) is 4.98 Å². The van der Waals surface area contributed by atoms with E-state index in [0.717, 1.165) is 6.07 Å². The first-order valence-corrected chi connectivity index (χ1v) is 10.1. The summed E-state index contributed by atoms with van der Waals surface area (Å²) in [5.41, 5.74) is -1.55. The van der Waals surface area contributed by atoms with Crippen LogP contribution in [-0.4, -0.2) is 30.9 Å². The maximum atomic E-state index is 13.8. The second-order valence-electron chi connectivity index (χ2n) is 6.53. The van der Waals surface area contributed by atoms with Gasteiger partial charge in [0.2, 0.25) is 0 Å². The Labute approximate surface area is 199 Å². The monoisotopic (exact) mass is 512 g/mol. The van der Waals surface area contributed by atoms with Crippen LogP contribution in [0.25, 0.3) is 16.9 Å². The molecule has 0 spiro atoms. The van der Waals surface area contributed by atoms with Gasteiger partial charge in [-0.3, -0.25) is 9.78 Å². The van der Waals surface area contributed by atoms with Crippen molar-refractivity contribution in [3.63, 3.8) is 0 Å². The Balaban J connectivity index is 1.70. The summed E-state index contributed by atoms with van der Waals surface area (Å²) in [5.74, 6) is -0.684. The third kappa shape index (κ3) is 4.77. The van der Waals surface area contributed by atoms with Gasteiger partial charge in [0, 0.05) is 18.0 Å². The van der Waals surface area contributed by atoms with E-state index in [1.807, 2.05) is 0 Å². The van der Waals surface area contributed by atoms with Gasteiger partial charge in [-0.15, -0.1) is 4.80 Å². The SMILES string of the molecule is O=C(Nc1cnc(-n2nccn2)c(Cl)c1)c1cc(C(F)(F)F)c(-c2ccncc2Cl)cc1Cl. The highest BCUT2D eigenvalue weighted by Gasteiger charge is 2.36. The summed E-state index contributed by atoms with van der Waals surface area (Å²) in [7, 11) is 0. The lowest BCUT2D eigenvalue weighted by molar-refractivity contribution is -0.137. The number of hydrogen-bond acceptors (Lipinski definition) is 5. The van der Waals surface area contributed by atoms with E-state index in [1.165, 1.54) is 47.9 Å². The number of halogens is 6. The Kier molecular flexibility index (Phi) is 6.24. The maximum absolute atomic E-state index is 13.8. The van der Waals surface area contributed by atoms with Gasteiger partial charge in [-0.05, 0) is 29.8 Å². The van der Waals surface area contributed by atoms with E-state index in [-0.39, 0.29) is 37.7 Å². The number of rotatable bonds is 4. The van der Waals surface area contributed by atoms with Crippen LogP contribution < -0.4 is 5.32 Å². The van der Waals surface area contributed by atoms with Crippen molar-refractivity contribution in [2.24, 2.45) is 0 Å². The molecule has 0 aliphatic carbocycles. The molecule has 0 fully saturated rings. The molecule has 33 heavy (non-hydrogen) atoms. The zero-order valence-electron chi connectivity index (χ0n) is 16.1. The van der Waals surface area contributed by atoms with Crippen LogP contribution in [0.1, 0.15) is 15.9 Å². The first kappa shape index (κ1) is 23.0. The Bertz CT molecular complexity index is 1350. The molecule has 3 aromatic heterocycles. The summed E-state index contributed by atoms with van der Waals surface area (Å²) >= 11 is 18.4. The van der Waals surface area contributed by atoms with Crippen molar-refractivity contribution in [1.29, 1.82) is 0 Å². The van der Waals surface area contributed by atoms with Gasteiger partial charge in [0.15, 0.2) is 5.82 Å². The molecule has 0 radical (unpaired) electrons. The third-order valence-electron chi connectivity index (χ3n) is 4.41.